The minimum Gasteiger partial charge on any atom is -0.507 e. The number of aryl methyl sites for hydroxylation is 1. The van der Waals surface area contributed by atoms with E-state index >= 15 is 0 Å². The summed E-state index contributed by atoms with van der Waals surface area (Å²) in [5.74, 6) is -0.0853. The summed E-state index contributed by atoms with van der Waals surface area (Å²) in [4.78, 5) is 13.8. The predicted molar refractivity (Wildman–Crippen MR) is 80.4 cm³/mol. The van der Waals surface area contributed by atoms with Gasteiger partial charge in [-0.25, -0.2) is 4.79 Å². The molecule has 116 valence electrons. The van der Waals surface area contributed by atoms with Crippen LogP contribution in [0.1, 0.15) is 18.2 Å². The van der Waals surface area contributed by atoms with Crippen LogP contribution >= 0.6 is 0 Å². The lowest BCUT2D eigenvalue weighted by Gasteiger charge is -2.06. The largest absolute Gasteiger partial charge is 0.507 e. The number of benzene rings is 1. The van der Waals surface area contributed by atoms with Crippen LogP contribution in [0, 0.1) is 6.92 Å². The van der Waals surface area contributed by atoms with E-state index in [1.165, 1.54) is 32.0 Å². The van der Waals surface area contributed by atoms with Crippen molar-refractivity contribution in [2.45, 2.75) is 18.7 Å². The third kappa shape index (κ3) is 3.34. The van der Waals surface area contributed by atoms with Gasteiger partial charge in [0.05, 0.1) is 10.6 Å². The Balaban J connectivity index is 2.34. The molecule has 0 saturated carbocycles. The normalized spacial score (nSPS) is 12.2. The maximum atomic E-state index is 12.0. The Hall–Kier alpha value is -2.61. The molecular formula is C14H14N2O5S. The zero-order valence-electron chi connectivity index (χ0n) is 11.9. The molecule has 0 atom stereocenters. The van der Waals surface area contributed by atoms with Crippen molar-refractivity contribution < 1.29 is 17.9 Å². The molecule has 22 heavy (non-hydrogen) atoms. The predicted octanol–water partition coefficient (Wildman–Crippen LogP) is 1.36. The Labute approximate surface area is 127 Å². The van der Waals surface area contributed by atoms with E-state index in [0.717, 1.165) is 0 Å². The molecule has 1 heterocycles. The van der Waals surface area contributed by atoms with Crippen LogP contribution in [-0.4, -0.2) is 19.2 Å². The molecule has 7 nitrogen and oxygen atoms in total. The van der Waals surface area contributed by atoms with Crippen LogP contribution in [0.15, 0.2) is 55.6 Å². The summed E-state index contributed by atoms with van der Waals surface area (Å²) in [6, 6.07) is 8.90. The molecule has 0 saturated heterocycles. The van der Waals surface area contributed by atoms with Gasteiger partial charge in [-0.3, -0.25) is 0 Å². The molecule has 0 unspecified atom stereocenters. The van der Waals surface area contributed by atoms with Gasteiger partial charge < -0.3 is 9.52 Å². The summed E-state index contributed by atoms with van der Waals surface area (Å²) in [6.45, 7) is 2.89. The highest BCUT2D eigenvalue weighted by molar-refractivity contribution is 7.89. The Kier molecular flexibility index (Phi) is 4.32. The van der Waals surface area contributed by atoms with Gasteiger partial charge in [0.2, 0.25) is 0 Å². The van der Waals surface area contributed by atoms with Crippen LogP contribution in [0.4, 0.5) is 0 Å². The SMILES string of the molecule is C/C(=N/NS(=O)(=O)c1ccccc1)c1c(O)cc(C)oc1=O. The molecule has 0 fully saturated rings. The van der Waals surface area contributed by atoms with Crippen molar-refractivity contribution in [3.8, 4) is 5.75 Å². The molecule has 2 N–H and O–H groups in total. The molecule has 0 bridgehead atoms. The lowest BCUT2D eigenvalue weighted by atomic mass is 10.2. The van der Waals surface area contributed by atoms with Crippen LogP contribution in [0.25, 0.3) is 0 Å². The van der Waals surface area contributed by atoms with Gasteiger partial charge in [-0.15, -0.1) is 0 Å². The van der Waals surface area contributed by atoms with E-state index in [1.54, 1.807) is 18.2 Å². The van der Waals surface area contributed by atoms with E-state index in [-0.39, 0.29) is 27.7 Å². The van der Waals surface area contributed by atoms with Gasteiger partial charge in [0.1, 0.15) is 17.1 Å². The number of nitrogens with zero attached hydrogens (tertiary/aromatic N) is 1. The minimum atomic E-state index is -3.85. The molecule has 0 spiro atoms. The fourth-order valence-corrected chi connectivity index (χ4v) is 2.64. The number of rotatable bonds is 4. The number of nitrogens with one attached hydrogen (secondary N) is 1. The van der Waals surface area contributed by atoms with Crippen LogP contribution in [-0.2, 0) is 10.0 Å². The first-order valence-electron chi connectivity index (χ1n) is 6.26. The van der Waals surface area contributed by atoms with Gasteiger partial charge in [0.15, 0.2) is 0 Å². The van der Waals surface area contributed by atoms with Crippen LogP contribution in [0.5, 0.6) is 5.75 Å². The van der Waals surface area contributed by atoms with Gasteiger partial charge in [0.25, 0.3) is 10.0 Å². The average molecular weight is 322 g/mol. The van der Waals surface area contributed by atoms with Crippen LogP contribution in [0.2, 0.25) is 0 Å². The van der Waals surface area contributed by atoms with Gasteiger partial charge in [0, 0.05) is 6.07 Å². The molecule has 8 heteroatoms. The second-order valence-corrected chi connectivity index (χ2v) is 6.17. The lowest BCUT2D eigenvalue weighted by Crippen LogP contribution is -2.22. The first kappa shape index (κ1) is 15.8. The molecule has 1 aromatic carbocycles. The van der Waals surface area contributed by atoms with Crippen LogP contribution in [0.3, 0.4) is 0 Å². The summed E-state index contributed by atoms with van der Waals surface area (Å²) in [5.41, 5.74) is -0.996. The van der Waals surface area contributed by atoms with Crippen molar-refractivity contribution >= 4 is 15.7 Å². The Morgan fingerprint density at radius 3 is 2.50 bits per heavy atom. The van der Waals surface area contributed by atoms with E-state index in [1.807, 2.05) is 4.83 Å². The topological polar surface area (TPSA) is 109 Å². The molecular weight excluding hydrogens is 308 g/mol. The summed E-state index contributed by atoms with van der Waals surface area (Å²) >= 11 is 0. The number of aromatic hydroxyl groups is 1. The van der Waals surface area contributed by atoms with Crippen molar-refractivity contribution in [3.05, 3.63) is 58.1 Å². The monoisotopic (exact) mass is 322 g/mol. The van der Waals surface area contributed by atoms with Crippen molar-refractivity contribution in [1.29, 1.82) is 0 Å². The van der Waals surface area contributed by atoms with E-state index in [9.17, 15) is 18.3 Å². The number of hydrogen-bond donors (Lipinski definition) is 2. The van der Waals surface area contributed by atoms with Gasteiger partial charge in [-0.05, 0) is 26.0 Å². The van der Waals surface area contributed by atoms with Gasteiger partial charge >= 0.3 is 5.63 Å². The van der Waals surface area contributed by atoms with Crippen molar-refractivity contribution in [2.75, 3.05) is 0 Å². The zero-order chi connectivity index (χ0) is 16.3. The summed E-state index contributed by atoms with van der Waals surface area (Å²) < 4.78 is 28.9. The molecule has 0 aliphatic heterocycles. The third-order valence-corrected chi connectivity index (χ3v) is 4.03. The number of hydrogen-bond acceptors (Lipinski definition) is 6. The van der Waals surface area contributed by atoms with Crippen LogP contribution < -0.4 is 10.5 Å². The van der Waals surface area contributed by atoms with E-state index < -0.39 is 15.6 Å². The summed E-state index contributed by atoms with van der Waals surface area (Å²) in [7, 11) is -3.85. The average Bonchev–Trinajstić information content (AvgIpc) is 2.45. The number of sulfonamides is 1. The summed E-state index contributed by atoms with van der Waals surface area (Å²) in [6.07, 6.45) is 0. The third-order valence-electron chi connectivity index (χ3n) is 2.80. The Morgan fingerprint density at radius 2 is 1.91 bits per heavy atom. The van der Waals surface area contributed by atoms with Crippen molar-refractivity contribution in [3.63, 3.8) is 0 Å². The quantitative estimate of drug-likeness (QED) is 0.652. The highest BCUT2D eigenvalue weighted by Gasteiger charge is 2.16. The molecule has 0 amide bonds. The van der Waals surface area contributed by atoms with E-state index in [0.29, 0.717) is 0 Å². The maximum Gasteiger partial charge on any atom is 0.348 e. The first-order chi connectivity index (χ1) is 10.3. The molecule has 2 aromatic rings. The highest BCUT2D eigenvalue weighted by Crippen LogP contribution is 2.15. The second-order valence-electron chi connectivity index (χ2n) is 4.51. The summed E-state index contributed by atoms with van der Waals surface area (Å²) in [5, 5.41) is 13.4. The zero-order valence-corrected chi connectivity index (χ0v) is 12.7. The van der Waals surface area contributed by atoms with E-state index in [2.05, 4.69) is 5.10 Å². The second kappa shape index (κ2) is 6.02. The Bertz CT molecular complexity index is 870. The van der Waals surface area contributed by atoms with E-state index in [4.69, 9.17) is 4.42 Å². The Morgan fingerprint density at radius 1 is 1.27 bits per heavy atom. The molecule has 0 aliphatic carbocycles. The van der Waals surface area contributed by atoms with Gasteiger partial charge in [-0.2, -0.15) is 18.4 Å². The standard InChI is InChI=1S/C14H14N2O5S/c1-9-8-12(17)13(14(18)21-9)10(2)15-16-22(19,20)11-6-4-3-5-7-11/h3-8,16-17H,1-2H3/b15-10-. The molecule has 0 radical (unpaired) electrons. The molecule has 1 aromatic heterocycles. The fraction of sp³-hybridized carbons (Fsp3) is 0.143. The fourth-order valence-electron chi connectivity index (χ4n) is 1.77. The smallest absolute Gasteiger partial charge is 0.348 e. The minimum absolute atomic E-state index is 0.00856. The lowest BCUT2D eigenvalue weighted by molar-refractivity contribution is 0.432. The van der Waals surface area contributed by atoms with Gasteiger partial charge in [-0.1, -0.05) is 18.2 Å². The number of hydrazone groups is 1. The molecule has 0 aliphatic rings. The van der Waals surface area contributed by atoms with Crippen molar-refractivity contribution in [2.24, 2.45) is 5.10 Å². The molecule has 2 rings (SSSR count). The first-order valence-corrected chi connectivity index (χ1v) is 7.75. The highest BCUT2D eigenvalue weighted by atomic mass is 32.2. The van der Waals surface area contributed by atoms with Crippen molar-refractivity contribution in [1.82, 2.24) is 4.83 Å². The maximum absolute atomic E-state index is 12.0.